The van der Waals surface area contributed by atoms with Gasteiger partial charge in [-0.25, -0.2) is 4.79 Å². The summed E-state index contributed by atoms with van der Waals surface area (Å²) >= 11 is 0. The maximum absolute atomic E-state index is 10.8. The quantitative estimate of drug-likeness (QED) is 0.574. The largest absolute Gasteiger partial charge is 0.479 e. The Balaban J connectivity index is 2.19. The van der Waals surface area contributed by atoms with Crippen LogP contribution < -0.4 is 0 Å². The average Bonchev–Trinajstić information content (AvgIpc) is 2.47. The molecule has 0 aromatic heterocycles. The zero-order valence-electron chi connectivity index (χ0n) is 7.97. The maximum Gasteiger partial charge on any atom is 0.335 e. The fourth-order valence-electron chi connectivity index (χ4n) is 1.83. The van der Waals surface area contributed by atoms with Crippen molar-refractivity contribution < 1.29 is 24.1 Å². The number of rotatable bonds is 1. The van der Waals surface area contributed by atoms with E-state index in [1.54, 1.807) is 13.8 Å². The highest BCUT2D eigenvalue weighted by atomic mass is 16.8. The van der Waals surface area contributed by atoms with Crippen molar-refractivity contribution in [3.05, 3.63) is 0 Å². The number of carbonyl (C=O) groups is 1. The molecular weight excluding hydrogens is 187 g/mol. The Kier molecular flexibility index (Phi) is 2.10. The summed E-state index contributed by atoms with van der Waals surface area (Å²) < 4.78 is 15.9. The van der Waals surface area contributed by atoms with E-state index in [2.05, 4.69) is 0 Å². The van der Waals surface area contributed by atoms with Crippen LogP contribution in [0.4, 0.5) is 0 Å². The van der Waals surface area contributed by atoms with Gasteiger partial charge in [0.2, 0.25) is 0 Å². The zero-order valence-corrected chi connectivity index (χ0v) is 7.97. The van der Waals surface area contributed by atoms with E-state index in [0.717, 1.165) is 0 Å². The molecule has 0 amide bonds. The lowest BCUT2D eigenvalue weighted by atomic mass is 9.93. The molecule has 0 saturated carbocycles. The number of carboxylic acid groups (broad SMARTS) is 1. The van der Waals surface area contributed by atoms with Gasteiger partial charge >= 0.3 is 5.97 Å². The van der Waals surface area contributed by atoms with Crippen molar-refractivity contribution in [3.8, 4) is 0 Å². The second kappa shape index (κ2) is 2.95. The van der Waals surface area contributed by atoms with E-state index in [9.17, 15) is 4.79 Å². The van der Waals surface area contributed by atoms with Crippen LogP contribution in [0.5, 0.6) is 0 Å². The molecule has 2 radical (unpaired) electrons. The molecule has 2 aliphatic rings. The lowest BCUT2D eigenvalue weighted by Gasteiger charge is -2.21. The monoisotopic (exact) mass is 198 g/mol. The number of ether oxygens (including phenoxy) is 3. The Morgan fingerprint density at radius 3 is 2.50 bits per heavy atom. The van der Waals surface area contributed by atoms with Gasteiger partial charge in [0.25, 0.3) is 0 Å². The lowest BCUT2D eigenvalue weighted by Crippen LogP contribution is -2.35. The summed E-state index contributed by atoms with van der Waals surface area (Å²) in [5.74, 6) is -1.86. The number of hydrogen-bond donors (Lipinski definition) is 1. The standard InChI is InChI=1S/C8H11BO5/c1-8(2)13-3-4(14-8)6(9)12-5(3)7(10)11/h3-6H,1-2H3,(H,10,11). The van der Waals surface area contributed by atoms with Gasteiger partial charge < -0.3 is 19.3 Å². The summed E-state index contributed by atoms with van der Waals surface area (Å²) in [4.78, 5) is 10.8. The molecule has 6 heteroatoms. The Bertz CT molecular complexity index is 266. The highest BCUT2D eigenvalue weighted by molar-refractivity contribution is 6.12. The van der Waals surface area contributed by atoms with E-state index in [1.807, 2.05) is 0 Å². The van der Waals surface area contributed by atoms with Crippen LogP contribution >= 0.6 is 0 Å². The van der Waals surface area contributed by atoms with Gasteiger partial charge in [0.1, 0.15) is 20.1 Å². The molecule has 1 N–H and O–H groups in total. The lowest BCUT2D eigenvalue weighted by molar-refractivity contribution is -0.187. The zero-order chi connectivity index (χ0) is 10.5. The Hall–Kier alpha value is -0.585. The minimum Gasteiger partial charge on any atom is -0.479 e. The highest BCUT2D eigenvalue weighted by Crippen LogP contribution is 2.37. The fraction of sp³-hybridized carbons (Fsp3) is 0.875. The maximum atomic E-state index is 10.8. The number of aliphatic carboxylic acids is 1. The average molecular weight is 198 g/mol. The molecule has 4 atom stereocenters. The topological polar surface area (TPSA) is 65.0 Å². The van der Waals surface area contributed by atoms with Gasteiger partial charge in [0, 0.05) is 6.00 Å². The van der Waals surface area contributed by atoms with Crippen LogP contribution in [-0.4, -0.2) is 49.0 Å². The van der Waals surface area contributed by atoms with E-state index in [0.29, 0.717) is 0 Å². The predicted molar refractivity (Wildman–Crippen MR) is 45.9 cm³/mol. The number of hydrogen-bond acceptors (Lipinski definition) is 4. The molecule has 14 heavy (non-hydrogen) atoms. The summed E-state index contributed by atoms with van der Waals surface area (Å²) in [6.07, 6.45) is -2.14. The second-order valence-corrected chi connectivity index (χ2v) is 3.92. The van der Waals surface area contributed by atoms with Crippen molar-refractivity contribution in [2.75, 3.05) is 0 Å². The summed E-state index contributed by atoms with van der Waals surface area (Å²) in [7, 11) is 5.58. The highest BCUT2D eigenvalue weighted by Gasteiger charge is 2.55. The Morgan fingerprint density at radius 1 is 1.36 bits per heavy atom. The van der Waals surface area contributed by atoms with Gasteiger partial charge in [0.15, 0.2) is 11.9 Å². The number of fused-ring (bicyclic) bond motifs is 1. The minimum atomic E-state index is -1.07. The first-order valence-electron chi connectivity index (χ1n) is 4.40. The van der Waals surface area contributed by atoms with Gasteiger partial charge in [0.05, 0.1) is 0 Å². The van der Waals surface area contributed by atoms with E-state index >= 15 is 0 Å². The molecule has 0 spiro atoms. The van der Waals surface area contributed by atoms with Crippen LogP contribution in [0.1, 0.15) is 13.8 Å². The molecule has 0 aromatic carbocycles. The van der Waals surface area contributed by atoms with Gasteiger partial charge in [-0.2, -0.15) is 0 Å². The van der Waals surface area contributed by atoms with Crippen LogP contribution in [0, 0.1) is 0 Å². The van der Waals surface area contributed by atoms with Gasteiger partial charge in [-0.15, -0.1) is 0 Å². The predicted octanol–water partition coefficient (Wildman–Crippen LogP) is -0.516. The first-order chi connectivity index (χ1) is 6.41. The third-order valence-electron chi connectivity index (χ3n) is 2.33. The van der Waals surface area contributed by atoms with E-state index in [-0.39, 0.29) is 0 Å². The van der Waals surface area contributed by atoms with Crippen LogP contribution in [0.25, 0.3) is 0 Å². The van der Waals surface area contributed by atoms with Crippen LogP contribution in [0.3, 0.4) is 0 Å². The van der Waals surface area contributed by atoms with Crippen LogP contribution in [-0.2, 0) is 19.0 Å². The molecule has 76 valence electrons. The van der Waals surface area contributed by atoms with Crippen molar-refractivity contribution in [2.45, 2.75) is 43.9 Å². The molecule has 0 aliphatic carbocycles. The molecule has 2 heterocycles. The molecule has 2 fully saturated rings. The molecule has 0 bridgehead atoms. The molecule has 2 aliphatic heterocycles. The van der Waals surface area contributed by atoms with E-state index < -0.39 is 36.1 Å². The van der Waals surface area contributed by atoms with Crippen LogP contribution in [0.15, 0.2) is 0 Å². The normalized spacial score (nSPS) is 45.0. The first kappa shape index (κ1) is 9.95. The third-order valence-corrected chi connectivity index (χ3v) is 2.33. The summed E-state index contributed by atoms with van der Waals surface area (Å²) in [5, 5.41) is 8.83. The van der Waals surface area contributed by atoms with Crippen molar-refractivity contribution in [2.24, 2.45) is 0 Å². The first-order valence-corrected chi connectivity index (χ1v) is 4.40. The van der Waals surface area contributed by atoms with Crippen molar-refractivity contribution >= 4 is 13.8 Å². The molecule has 0 aromatic rings. The van der Waals surface area contributed by atoms with E-state index in [1.165, 1.54) is 0 Å². The van der Waals surface area contributed by atoms with Gasteiger partial charge in [-0.3, -0.25) is 0 Å². The SMILES string of the molecule is [B]C1OC(C(=O)O)C2OC(C)(C)OC12. The smallest absolute Gasteiger partial charge is 0.335 e. The summed E-state index contributed by atoms with van der Waals surface area (Å²) in [5.41, 5.74) is 0. The molecule has 4 unspecified atom stereocenters. The van der Waals surface area contributed by atoms with Gasteiger partial charge in [-0.05, 0) is 13.8 Å². The summed E-state index contributed by atoms with van der Waals surface area (Å²) in [6.45, 7) is 3.44. The van der Waals surface area contributed by atoms with Gasteiger partial charge in [-0.1, -0.05) is 0 Å². The molecule has 2 saturated heterocycles. The second-order valence-electron chi connectivity index (χ2n) is 3.92. The van der Waals surface area contributed by atoms with Crippen LogP contribution in [0.2, 0.25) is 0 Å². The Morgan fingerprint density at radius 2 is 1.93 bits per heavy atom. The summed E-state index contributed by atoms with van der Waals surface area (Å²) in [6, 6.07) is -0.733. The Labute approximate surface area is 82.7 Å². The minimum absolute atomic E-state index is 0.494. The van der Waals surface area contributed by atoms with Crippen molar-refractivity contribution in [1.82, 2.24) is 0 Å². The van der Waals surface area contributed by atoms with Crippen molar-refractivity contribution in [1.29, 1.82) is 0 Å². The molecule has 5 nitrogen and oxygen atoms in total. The third kappa shape index (κ3) is 1.43. The number of carboxylic acids is 1. The fourth-order valence-corrected chi connectivity index (χ4v) is 1.83. The molecular formula is C8H11BO5. The molecule has 2 rings (SSSR count). The van der Waals surface area contributed by atoms with Crippen molar-refractivity contribution in [3.63, 3.8) is 0 Å². The van der Waals surface area contributed by atoms with E-state index in [4.69, 9.17) is 27.2 Å².